The fourth-order valence-electron chi connectivity index (χ4n) is 4.16. The summed E-state index contributed by atoms with van der Waals surface area (Å²) in [6.45, 7) is 4.59. The zero-order chi connectivity index (χ0) is 18.6. The van der Waals surface area contributed by atoms with Gasteiger partial charge in [-0.15, -0.1) is 11.3 Å². The van der Waals surface area contributed by atoms with Gasteiger partial charge in [0.1, 0.15) is 0 Å². The van der Waals surface area contributed by atoms with Gasteiger partial charge in [-0.2, -0.15) is 0 Å². The van der Waals surface area contributed by atoms with E-state index in [4.69, 9.17) is 0 Å². The van der Waals surface area contributed by atoms with Crippen LogP contribution in [0.4, 0.5) is 5.00 Å². The first-order valence-electron chi connectivity index (χ1n) is 9.51. The lowest BCUT2D eigenvalue weighted by Crippen LogP contribution is -2.55. The average Bonchev–Trinajstić information content (AvgIpc) is 3.35. The molecule has 2 fully saturated rings. The van der Waals surface area contributed by atoms with E-state index in [2.05, 4.69) is 37.6 Å². The van der Waals surface area contributed by atoms with E-state index < -0.39 is 0 Å². The zero-order valence-corrected chi connectivity index (χ0v) is 17.0. The molecule has 3 rings (SSSR count). The van der Waals surface area contributed by atoms with Gasteiger partial charge < -0.3 is 20.0 Å². The smallest absolute Gasteiger partial charge is 0.230 e. The van der Waals surface area contributed by atoms with Gasteiger partial charge in [0.2, 0.25) is 5.91 Å². The summed E-state index contributed by atoms with van der Waals surface area (Å²) in [4.78, 5) is 23.7. The Morgan fingerprint density at radius 3 is 2.50 bits per heavy atom. The van der Waals surface area contributed by atoms with Crippen molar-refractivity contribution in [3.05, 3.63) is 17.5 Å². The molecule has 0 unspecified atom stereocenters. The Hall–Kier alpha value is -1.76. The van der Waals surface area contributed by atoms with Gasteiger partial charge in [0, 0.05) is 53.9 Å². The maximum atomic E-state index is 12.7. The van der Waals surface area contributed by atoms with Crippen molar-refractivity contribution >= 4 is 28.2 Å². The molecule has 1 aromatic heterocycles. The number of piperazine rings is 1. The summed E-state index contributed by atoms with van der Waals surface area (Å²) in [5.74, 6) is 1.18. The van der Waals surface area contributed by atoms with Crippen LogP contribution in [-0.2, 0) is 4.79 Å². The third-order valence-electron chi connectivity index (χ3n) is 5.61. The Labute approximate surface area is 160 Å². The first kappa shape index (κ1) is 19.0. The number of hydrogen-bond acceptors (Lipinski definition) is 4. The van der Waals surface area contributed by atoms with Crippen LogP contribution in [-0.4, -0.2) is 75.5 Å². The van der Waals surface area contributed by atoms with Crippen LogP contribution in [0.15, 0.2) is 22.5 Å². The summed E-state index contributed by atoms with van der Waals surface area (Å²) in [6, 6.07) is 4.29. The Kier molecular flexibility index (Phi) is 6.06. The highest BCUT2D eigenvalue weighted by Gasteiger charge is 2.42. The van der Waals surface area contributed by atoms with Crippen molar-refractivity contribution in [2.45, 2.75) is 25.7 Å². The van der Waals surface area contributed by atoms with Gasteiger partial charge in [-0.3, -0.25) is 9.79 Å². The first-order valence-corrected chi connectivity index (χ1v) is 10.4. The second-order valence-corrected chi connectivity index (χ2v) is 8.44. The van der Waals surface area contributed by atoms with Crippen LogP contribution in [0.1, 0.15) is 25.7 Å². The van der Waals surface area contributed by atoms with Crippen molar-refractivity contribution in [2.75, 3.05) is 58.8 Å². The molecule has 0 spiro atoms. The number of nitrogens with zero attached hydrogens (tertiary/aromatic N) is 4. The van der Waals surface area contributed by atoms with Gasteiger partial charge in [-0.1, -0.05) is 12.8 Å². The van der Waals surface area contributed by atoms with Crippen molar-refractivity contribution in [3.8, 4) is 0 Å². The van der Waals surface area contributed by atoms with Crippen LogP contribution in [0, 0.1) is 5.41 Å². The highest BCUT2D eigenvalue weighted by Crippen LogP contribution is 2.39. The lowest BCUT2D eigenvalue weighted by molar-refractivity contribution is -0.138. The lowest BCUT2D eigenvalue weighted by atomic mass is 9.84. The molecule has 1 aliphatic heterocycles. The topological polar surface area (TPSA) is 51.2 Å². The number of aliphatic imine (C=N–C) groups is 1. The van der Waals surface area contributed by atoms with E-state index in [9.17, 15) is 4.79 Å². The molecule has 26 heavy (non-hydrogen) atoms. The summed E-state index contributed by atoms with van der Waals surface area (Å²) in [5, 5.41) is 6.99. The van der Waals surface area contributed by atoms with Gasteiger partial charge in [0.15, 0.2) is 5.96 Å². The number of anilines is 1. The maximum absolute atomic E-state index is 12.7. The van der Waals surface area contributed by atoms with E-state index >= 15 is 0 Å². The summed E-state index contributed by atoms with van der Waals surface area (Å²) in [7, 11) is 5.56. The molecule has 0 aromatic carbocycles. The average molecular weight is 378 g/mol. The molecule has 144 valence electrons. The number of nitrogens with one attached hydrogen (secondary N) is 1. The fourth-order valence-corrected chi connectivity index (χ4v) is 4.95. The Morgan fingerprint density at radius 2 is 1.96 bits per heavy atom. The van der Waals surface area contributed by atoms with Gasteiger partial charge in [-0.05, 0) is 30.4 Å². The predicted molar refractivity (Wildman–Crippen MR) is 109 cm³/mol. The first-order chi connectivity index (χ1) is 12.6. The second-order valence-electron chi connectivity index (χ2n) is 7.51. The number of carbonyl (C=O) groups excluding carboxylic acids is 1. The molecule has 1 aliphatic carbocycles. The summed E-state index contributed by atoms with van der Waals surface area (Å²) in [5.41, 5.74) is -0.266. The minimum atomic E-state index is -0.266. The number of guanidine groups is 1. The largest absolute Gasteiger partial charge is 0.360 e. The van der Waals surface area contributed by atoms with Gasteiger partial charge >= 0.3 is 0 Å². The van der Waals surface area contributed by atoms with Gasteiger partial charge in [0.05, 0.1) is 10.4 Å². The molecule has 2 heterocycles. The molecule has 0 atom stereocenters. The van der Waals surface area contributed by atoms with E-state index in [-0.39, 0.29) is 11.3 Å². The molecule has 1 saturated carbocycles. The fraction of sp³-hybridized carbons (Fsp3) is 0.684. The number of amides is 1. The monoisotopic (exact) mass is 377 g/mol. The van der Waals surface area contributed by atoms with Crippen molar-refractivity contribution in [3.63, 3.8) is 0 Å². The van der Waals surface area contributed by atoms with Crippen molar-refractivity contribution < 1.29 is 4.79 Å². The quantitative estimate of drug-likeness (QED) is 0.645. The Bertz CT molecular complexity index is 614. The Morgan fingerprint density at radius 1 is 1.27 bits per heavy atom. The molecule has 1 aromatic rings. The molecule has 7 heteroatoms. The van der Waals surface area contributed by atoms with Crippen LogP contribution < -0.4 is 10.2 Å². The molecule has 1 saturated heterocycles. The van der Waals surface area contributed by atoms with Crippen LogP contribution in [0.3, 0.4) is 0 Å². The molecule has 0 radical (unpaired) electrons. The number of rotatable bonds is 4. The SMILES string of the molecule is CN=C(NCC1(C(=O)N(C)C)CCCC1)N1CCN(c2cccs2)CC1. The summed E-state index contributed by atoms with van der Waals surface area (Å²) < 4.78 is 0. The van der Waals surface area contributed by atoms with Crippen LogP contribution in [0.5, 0.6) is 0 Å². The van der Waals surface area contributed by atoms with Gasteiger partial charge in [-0.25, -0.2) is 0 Å². The molecular weight excluding hydrogens is 346 g/mol. The normalized spacial score (nSPS) is 20.3. The number of hydrogen-bond donors (Lipinski definition) is 1. The van der Waals surface area contributed by atoms with Crippen LogP contribution >= 0.6 is 11.3 Å². The van der Waals surface area contributed by atoms with E-state index in [1.165, 1.54) is 5.00 Å². The highest BCUT2D eigenvalue weighted by atomic mass is 32.1. The van der Waals surface area contributed by atoms with E-state index in [0.717, 1.165) is 57.8 Å². The molecule has 1 N–H and O–H groups in total. The van der Waals surface area contributed by atoms with E-state index in [1.54, 1.807) is 16.2 Å². The molecule has 0 bridgehead atoms. The molecule has 6 nitrogen and oxygen atoms in total. The van der Waals surface area contributed by atoms with Crippen LogP contribution in [0.25, 0.3) is 0 Å². The van der Waals surface area contributed by atoms with Crippen LogP contribution in [0.2, 0.25) is 0 Å². The number of carbonyl (C=O) groups is 1. The molecule has 2 aliphatic rings. The standard InChI is InChI=1S/C19H31N5OS/c1-20-18(21-15-19(8-4-5-9-19)17(25)22(2)3)24-12-10-23(11-13-24)16-7-6-14-26-16/h6-7,14H,4-5,8-13,15H2,1-3H3,(H,20,21). The van der Waals surface area contributed by atoms with Crippen molar-refractivity contribution in [2.24, 2.45) is 10.4 Å². The molecule has 1 amide bonds. The third kappa shape index (κ3) is 3.98. The van der Waals surface area contributed by atoms with Crippen molar-refractivity contribution in [1.82, 2.24) is 15.1 Å². The second kappa shape index (κ2) is 8.29. The summed E-state index contributed by atoms with van der Waals surface area (Å²) in [6.07, 6.45) is 4.22. The zero-order valence-electron chi connectivity index (χ0n) is 16.2. The predicted octanol–water partition coefficient (Wildman–Crippen LogP) is 2.09. The van der Waals surface area contributed by atoms with Gasteiger partial charge in [0.25, 0.3) is 0 Å². The lowest BCUT2D eigenvalue weighted by Gasteiger charge is -2.38. The minimum absolute atomic E-state index is 0.250. The third-order valence-corrected chi connectivity index (χ3v) is 6.54. The summed E-state index contributed by atoms with van der Waals surface area (Å²) >= 11 is 1.80. The molecular formula is C19H31N5OS. The highest BCUT2D eigenvalue weighted by molar-refractivity contribution is 7.14. The minimum Gasteiger partial charge on any atom is -0.360 e. The number of thiophene rings is 1. The van der Waals surface area contributed by atoms with Crippen molar-refractivity contribution in [1.29, 1.82) is 0 Å². The van der Waals surface area contributed by atoms with E-state index in [0.29, 0.717) is 6.54 Å². The Balaban J connectivity index is 1.57. The van der Waals surface area contributed by atoms with E-state index in [1.807, 2.05) is 21.1 Å². The maximum Gasteiger partial charge on any atom is 0.230 e.